The van der Waals surface area contributed by atoms with Gasteiger partial charge in [0, 0.05) is 12.6 Å². The van der Waals surface area contributed by atoms with E-state index in [1.54, 1.807) is 12.1 Å². The zero-order valence-corrected chi connectivity index (χ0v) is 13.1. The van der Waals surface area contributed by atoms with Crippen LogP contribution in [-0.4, -0.2) is 44.3 Å². The molecule has 0 aromatic heterocycles. The maximum absolute atomic E-state index is 12.9. The van der Waals surface area contributed by atoms with E-state index in [1.807, 2.05) is 20.8 Å². The zero-order valence-electron chi connectivity index (χ0n) is 12.3. The van der Waals surface area contributed by atoms with Gasteiger partial charge in [-0.1, -0.05) is 0 Å². The van der Waals surface area contributed by atoms with Crippen molar-refractivity contribution >= 4 is 10.0 Å². The highest BCUT2D eigenvalue weighted by Gasteiger charge is 2.42. The van der Waals surface area contributed by atoms with Crippen molar-refractivity contribution in [2.24, 2.45) is 0 Å². The molecule has 0 amide bonds. The Morgan fingerprint density at radius 1 is 1.24 bits per heavy atom. The third-order valence-corrected chi connectivity index (χ3v) is 5.82. The van der Waals surface area contributed by atoms with E-state index in [0.717, 1.165) is 0 Å². The van der Waals surface area contributed by atoms with Gasteiger partial charge in [0.15, 0.2) is 11.5 Å². The predicted octanol–water partition coefficient (Wildman–Crippen LogP) is 1.60. The predicted molar refractivity (Wildman–Crippen MR) is 75.9 cm³/mol. The molecular formula is C14H19NO5S. The maximum atomic E-state index is 12.9. The van der Waals surface area contributed by atoms with Crippen LogP contribution in [0.1, 0.15) is 20.8 Å². The van der Waals surface area contributed by atoms with Gasteiger partial charge < -0.3 is 14.2 Å². The summed E-state index contributed by atoms with van der Waals surface area (Å²) in [6, 6.07) is 4.71. The third kappa shape index (κ3) is 2.49. The molecule has 0 aliphatic carbocycles. The second-order valence-electron chi connectivity index (χ2n) is 5.99. The fraction of sp³-hybridized carbons (Fsp3) is 0.571. The van der Waals surface area contributed by atoms with E-state index in [1.165, 1.54) is 10.4 Å². The number of hydrogen-bond donors (Lipinski definition) is 0. The number of ether oxygens (including phenoxy) is 3. The molecule has 2 aliphatic heterocycles. The van der Waals surface area contributed by atoms with Gasteiger partial charge >= 0.3 is 0 Å². The molecule has 3 rings (SSSR count). The first-order chi connectivity index (χ1) is 9.80. The third-order valence-electron chi connectivity index (χ3n) is 3.75. The van der Waals surface area contributed by atoms with Crippen LogP contribution in [0.3, 0.4) is 0 Å². The van der Waals surface area contributed by atoms with Gasteiger partial charge in [0.2, 0.25) is 16.8 Å². The monoisotopic (exact) mass is 313 g/mol. The largest absolute Gasteiger partial charge is 0.454 e. The average Bonchev–Trinajstić information content (AvgIpc) is 2.88. The molecule has 2 aliphatic rings. The van der Waals surface area contributed by atoms with Crippen molar-refractivity contribution in [2.75, 3.05) is 19.9 Å². The minimum absolute atomic E-state index is 0.123. The number of benzene rings is 1. The zero-order chi connectivity index (χ0) is 15.3. The lowest BCUT2D eigenvalue weighted by molar-refractivity contribution is -0.0551. The van der Waals surface area contributed by atoms with Gasteiger partial charge in [-0.15, -0.1) is 0 Å². The van der Waals surface area contributed by atoms with Crippen molar-refractivity contribution in [3.63, 3.8) is 0 Å². The fourth-order valence-electron chi connectivity index (χ4n) is 2.54. The molecule has 116 valence electrons. The molecule has 0 N–H and O–H groups in total. The number of nitrogens with zero attached hydrogens (tertiary/aromatic N) is 1. The molecule has 0 radical (unpaired) electrons. The second-order valence-corrected chi connectivity index (χ2v) is 7.85. The van der Waals surface area contributed by atoms with Crippen LogP contribution in [0.5, 0.6) is 11.5 Å². The first-order valence-corrected chi connectivity index (χ1v) is 8.29. The molecule has 1 fully saturated rings. The Kier molecular flexibility index (Phi) is 3.38. The highest BCUT2D eigenvalue weighted by Crippen LogP contribution is 2.36. The Hall–Kier alpha value is -1.31. The SMILES string of the molecule is C[C@@H]1CN(S(=O)(=O)c2ccc3c(c2)OCO3)C(C)(C)CO1. The summed E-state index contributed by atoms with van der Waals surface area (Å²) in [5.41, 5.74) is -0.582. The molecule has 1 atom stereocenters. The number of fused-ring (bicyclic) bond motifs is 1. The van der Waals surface area contributed by atoms with E-state index in [-0.39, 0.29) is 17.8 Å². The first kappa shape index (κ1) is 14.6. The average molecular weight is 313 g/mol. The normalized spacial score (nSPS) is 25.0. The lowest BCUT2D eigenvalue weighted by Gasteiger charge is -2.43. The molecule has 1 saturated heterocycles. The lowest BCUT2D eigenvalue weighted by Crippen LogP contribution is -2.57. The van der Waals surface area contributed by atoms with Crippen molar-refractivity contribution in [1.82, 2.24) is 4.31 Å². The van der Waals surface area contributed by atoms with Gasteiger partial charge in [-0.2, -0.15) is 4.31 Å². The summed E-state index contributed by atoms with van der Waals surface area (Å²) in [6.45, 7) is 6.44. The van der Waals surface area contributed by atoms with E-state index >= 15 is 0 Å². The summed E-state index contributed by atoms with van der Waals surface area (Å²) >= 11 is 0. The van der Waals surface area contributed by atoms with Crippen molar-refractivity contribution in [3.8, 4) is 11.5 Å². The van der Waals surface area contributed by atoms with Gasteiger partial charge in [0.1, 0.15) is 0 Å². The molecular weight excluding hydrogens is 294 g/mol. The first-order valence-electron chi connectivity index (χ1n) is 6.85. The van der Waals surface area contributed by atoms with Crippen LogP contribution < -0.4 is 9.47 Å². The Labute approximate surface area is 124 Å². The summed E-state index contributed by atoms with van der Waals surface area (Å²) in [6.07, 6.45) is -0.123. The molecule has 0 saturated carbocycles. The molecule has 7 heteroatoms. The van der Waals surface area contributed by atoms with Crippen LogP contribution in [0.15, 0.2) is 23.1 Å². The molecule has 1 aromatic rings. The Morgan fingerprint density at radius 2 is 1.95 bits per heavy atom. The molecule has 6 nitrogen and oxygen atoms in total. The van der Waals surface area contributed by atoms with Gasteiger partial charge in [0.25, 0.3) is 0 Å². The standard InChI is InChI=1S/C14H19NO5S/c1-10-7-15(14(2,3)8-18-10)21(16,17)11-4-5-12-13(6-11)20-9-19-12/h4-6,10H,7-9H2,1-3H3/t10-/m1/s1. The minimum atomic E-state index is -3.61. The summed E-state index contributed by atoms with van der Waals surface area (Å²) in [7, 11) is -3.61. The molecule has 21 heavy (non-hydrogen) atoms. The maximum Gasteiger partial charge on any atom is 0.243 e. The summed E-state index contributed by atoms with van der Waals surface area (Å²) in [4.78, 5) is 0.217. The highest BCUT2D eigenvalue weighted by atomic mass is 32.2. The van der Waals surface area contributed by atoms with Crippen LogP contribution in [0.2, 0.25) is 0 Å². The Bertz CT molecular complexity index is 655. The van der Waals surface area contributed by atoms with Crippen molar-refractivity contribution in [1.29, 1.82) is 0 Å². The number of sulfonamides is 1. The van der Waals surface area contributed by atoms with Crippen molar-refractivity contribution < 1.29 is 22.6 Å². The summed E-state index contributed by atoms with van der Waals surface area (Å²) < 4.78 is 43.4. The van der Waals surface area contributed by atoms with Crippen LogP contribution >= 0.6 is 0 Å². The van der Waals surface area contributed by atoms with E-state index in [9.17, 15) is 8.42 Å². The number of hydrogen-bond acceptors (Lipinski definition) is 5. The Morgan fingerprint density at radius 3 is 2.71 bits per heavy atom. The number of morpholine rings is 1. The fourth-order valence-corrected chi connectivity index (χ4v) is 4.40. The second kappa shape index (κ2) is 4.86. The van der Waals surface area contributed by atoms with Crippen molar-refractivity contribution in [2.45, 2.75) is 37.3 Å². The van der Waals surface area contributed by atoms with Crippen LogP contribution in [0.25, 0.3) is 0 Å². The topological polar surface area (TPSA) is 65.1 Å². The van der Waals surface area contributed by atoms with Crippen LogP contribution in [-0.2, 0) is 14.8 Å². The van der Waals surface area contributed by atoms with E-state index in [4.69, 9.17) is 14.2 Å². The van der Waals surface area contributed by atoms with Gasteiger partial charge in [-0.05, 0) is 32.9 Å². The number of rotatable bonds is 2. The molecule has 0 spiro atoms. The summed E-state index contributed by atoms with van der Waals surface area (Å²) in [5.74, 6) is 1.04. The van der Waals surface area contributed by atoms with E-state index < -0.39 is 15.6 Å². The quantitative estimate of drug-likeness (QED) is 0.830. The minimum Gasteiger partial charge on any atom is -0.454 e. The molecule has 0 unspecified atom stereocenters. The van der Waals surface area contributed by atoms with Gasteiger partial charge in [-0.3, -0.25) is 0 Å². The molecule has 1 aromatic carbocycles. The molecule has 0 bridgehead atoms. The molecule has 2 heterocycles. The summed E-state index contributed by atoms with van der Waals surface area (Å²) in [5, 5.41) is 0. The highest BCUT2D eigenvalue weighted by molar-refractivity contribution is 7.89. The van der Waals surface area contributed by atoms with E-state index in [0.29, 0.717) is 24.7 Å². The van der Waals surface area contributed by atoms with Crippen LogP contribution in [0, 0.1) is 0 Å². The van der Waals surface area contributed by atoms with E-state index in [2.05, 4.69) is 0 Å². The van der Waals surface area contributed by atoms with Gasteiger partial charge in [0.05, 0.1) is 23.1 Å². The van der Waals surface area contributed by atoms with Crippen LogP contribution in [0.4, 0.5) is 0 Å². The van der Waals surface area contributed by atoms with Crippen molar-refractivity contribution in [3.05, 3.63) is 18.2 Å². The lowest BCUT2D eigenvalue weighted by atomic mass is 10.1. The Balaban J connectivity index is 1.99. The smallest absolute Gasteiger partial charge is 0.243 e. The van der Waals surface area contributed by atoms with Gasteiger partial charge in [-0.25, -0.2) is 8.42 Å².